The highest BCUT2D eigenvalue weighted by atomic mass is 19.4. The van der Waals surface area contributed by atoms with Gasteiger partial charge in [0.05, 0.1) is 6.61 Å². The second kappa shape index (κ2) is 8.33. The number of halogens is 3. The normalized spacial score (nSPS) is 16.4. The van der Waals surface area contributed by atoms with Gasteiger partial charge in [-0.1, -0.05) is 12.1 Å². The van der Waals surface area contributed by atoms with Gasteiger partial charge in [-0.25, -0.2) is 4.98 Å². The number of anilines is 1. The Morgan fingerprint density at radius 1 is 1.16 bits per heavy atom. The Hall–Kier alpha value is -2.88. The third kappa shape index (κ3) is 4.43. The van der Waals surface area contributed by atoms with E-state index in [4.69, 9.17) is 9.47 Å². The number of fused-ring (bicyclic) bond motifs is 1. The highest BCUT2D eigenvalue weighted by Crippen LogP contribution is 2.36. The SMILES string of the molecule is CCOc1ccc(C2(CNc3cc(C)nc4nc(C(F)(F)F)nn34)CCOCC2)cc1. The molecule has 166 valence electrons. The molecule has 1 aliphatic heterocycles. The van der Waals surface area contributed by atoms with E-state index in [0.29, 0.717) is 37.9 Å². The summed E-state index contributed by atoms with van der Waals surface area (Å²) in [5.41, 5.74) is 1.45. The van der Waals surface area contributed by atoms with Crippen molar-refractivity contribution < 1.29 is 22.6 Å². The number of aryl methyl sites for hydroxylation is 1. The smallest absolute Gasteiger partial charge is 0.453 e. The number of aromatic nitrogens is 4. The van der Waals surface area contributed by atoms with Gasteiger partial charge in [-0.05, 0) is 44.4 Å². The summed E-state index contributed by atoms with van der Waals surface area (Å²) in [6, 6.07) is 9.65. The number of hydrogen-bond acceptors (Lipinski definition) is 6. The van der Waals surface area contributed by atoms with Gasteiger partial charge in [0.15, 0.2) is 0 Å². The van der Waals surface area contributed by atoms with Crippen LogP contribution in [0.15, 0.2) is 30.3 Å². The predicted molar refractivity (Wildman–Crippen MR) is 108 cm³/mol. The van der Waals surface area contributed by atoms with E-state index < -0.39 is 12.0 Å². The van der Waals surface area contributed by atoms with E-state index in [1.165, 1.54) is 0 Å². The van der Waals surface area contributed by atoms with E-state index in [1.54, 1.807) is 13.0 Å². The molecule has 2 aromatic heterocycles. The first-order valence-corrected chi connectivity index (χ1v) is 10.2. The Bertz CT molecular complexity index is 1040. The molecule has 0 spiro atoms. The number of alkyl halides is 3. The minimum Gasteiger partial charge on any atom is -0.494 e. The van der Waals surface area contributed by atoms with Crippen molar-refractivity contribution in [3.05, 3.63) is 47.4 Å². The summed E-state index contributed by atoms with van der Waals surface area (Å²) in [4.78, 5) is 7.63. The summed E-state index contributed by atoms with van der Waals surface area (Å²) >= 11 is 0. The van der Waals surface area contributed by atoms with Crippen molar-refractivity contribution in [2.75, 3.05) is 31.7 Å². The number of rotatable bonds is 6. The molecule has 3 heterocycles. The molecule has 0 radical (unpaired) electrons. The van der Waals surface area contributed by atoms with E-state index in [-0.39, 0.29) is 11.2 Å². The number of nitrogens with zero attached hydrogens (tertiary/aromatic N) is 4. The summed E-state index contributed by atoms with van der Waals surface area (Å²) in [6.07, 6.45) is -3.07. The lowest BCUT2D eigenvalue weighted by atomic mass is 9.74. The number of hydrogen-bond donors (Lipinski definition) is 1. The zero-order valence-corrected chi connectivity index (χ0v) is 17.4. The third-order valence-corrected chi connectivity index (χ3v) is 5.53. The first kappa shape index (κ1) is 21.4. The Kier molecular flexibility index (Phi) is 5.74. The molecule has 31 heavy (non-hydrogen) atoms. The summed E-state index contributed by atoms with van der Waals surface area (Å²) in [5.74, 6) is -0.0738. The summed E-state index contributed by atoms with van der Waals surface area (Å²) in [5, 5.41) is 6.94. The number of nitrogens with one attached hydrogen (secondary N) is 1. The molecule has 7 nitrogen and oxygen atoms in total. The lowest BCUT2D eigenvalue weighted by Crippen LogP contribution is -2.40. The van der Waals surface area contributed by atoms with E-state index in [9.17, 15) is 13.2 Å². The van der Waals surface area contributed by atoms with E-state index in [2.05, 4.69) is 20.4 Å². The van der Waals surface area contributed by atoms with Crippen LogP contribution in [-0.2, 0) is 16.3 Å². The van der Waals surface area contributed by atoms with Crippen LogP contribution in [0.2, 0.25) is 0 Å². The molecule has 10 heteroatoms. The average Bonchev–Trinajstić information content (AvgIpc) is 3.18. The molecule has 0 amide bonds. The monoisotopic (exact) mass is 435 g/mol. The van der Waals surface area contributed by atoms with Crippen LogP contribution in [0.5, 0.6) is 5.75 Å². The fourth-order valence-electron chi connectivity index (χ4n) is 3.89. The van der Waals surface area contributed by atoms with Crippen LogP contribution in [0.25, 0.3) is 5.78 Å². The zero-order chi connectivity index (χ0) is 22.1. The number of benzene rings is 1. The molecule has 3 aromatic rings. The fourth-order valence-corrected chi connectivity index (χ4v) is 3.89. The first-order valence-electron chi connectivity index (χ1n) is 10.2. The van der Waals surface area contributed by atoms with Gasteiger partial charge in [-0.15, -0.1) is 5.10 Å². The van der Waals surface area contributed by atoms with Gasteiger partial charge in [0, 0.05) is 36.9 Å². The molecule has 4 rings (SSSR count). The maximum Gasteiger partial charge on any atom is 0.453 e. The van der Waals surface area contributed by atoms with Gasteiger partial charge in [-0.3, -0.25) is 0 Å². The summed E-state index contributed by atoms with van der Waals surface area (Å²) in [7, 11) is 0. The molecule has 1 N–H and O–H groups in total. The maximum atomic E-state index is 13.1. The van der Waals surface area contributed by atoms with Crippen LogP contribution in [0.3, 0.4) is 0 Å². The van der Waals surface area contributed by atoms with Gasteiger partial charge in [0.2, 0.25) is 0 Å². The highest BCUT2D eigenvalue weighted by Gasteiger charge is 2.37. The van der Waals surface area contributed by atoms with Gasteiger partial charge in [0.1, 0.15) is 11.6 Å². The second-order valence-corrected chi connectivity index (χ2v) is 7.63. The van der Waals surface area contributed by atoms with Crippen molar-refractivity contribution in [1.29, 1.82) is 0 Å². The topological polar surface area (TPSA) is 73.6 Å². The lowest BCUT2D eigenvalue weighted by Gasteiger charge is -2.38. The minimum atomic E-state index is -4.64. The summed E-state index contributed by atoms with van der Waals surface area (Å²) in [6.45, 7) is 5.97. The van der Waals surface area contributed by atoms with E-state index in [1.807, 2.05) is 31.2 Å². The number of ether oxygens (including phenoxy) is 2. The predicted octanol–water partition coefficient (Wildman–Crippen LogP) is 4.01. The Morgan fingerprint density at radius 2 is 1.87 bits per heavy atom. The van der Waals surface area contributed by atoms with Crippen LogP contribution < -0.4 is 10.1 Å². The highest BCUT2D eigenvalue weighted by molar-refractivity contribution is 5.46. The van der Waals surface area contributed by atoms with Crippen molar-refractivity contribution in [3.8, 4) is 5.75 Å². The van der Waals surface area contributed by atoms with Crippen molar-refractivity contribution >= 4 is 11.6 Å². The molecular weight excluding hydrogens is 411 g/mol. The Labute approximate surface area is 177 Å². The average molecular weight is 435 g/mol. The molecular formula is C21H24F3N5O2. The van der Waals surface area contributed by atoms with Gasteiger partial charge >= 0.3 is 6.18 Å². The fraction of sp³-hybridized carbons (Fsp3) is 0.476. The zero-order valence-electron chi connectivity index (χ0n) is 17.4. The molecule has 0 bridgehead atoms. The second-order valence-electron chi connectivity index (χ2n) is 7.63. The quantitative estimate of drug-likeness (QED) is 0.631. The van der Waals surface area contributed by atoms with E-state index >= 15 is 0 Å². The lowest BCUT2D eigenvalue weighted by molar-refractivity contribution is -0.144. The molecule has 1 aromatic carbocycles. The molecule has 1 saturated heterocycles. The summed E-state index contributed by atoms with van der Waals surface area (Å²) < 4.78 is 51.5. The maximum absolute atomic E-state index is 13.1. The Morgan fingerprint density at radius 3 is 2.52 bits per heavy atom. The first-order chi connectivity index (χ1) is 14.8. The van der Waals surface area contributed by atoms with Gasteiger partial charge in [0.25, 0.3) is 11.6 Å². The Balaban J connectivity index is 1.64. The third-order valence-electron chi connectivity index (χ3n) is 5.53. The van der Waals surface area contributed by atoms with Crippen molar-refractivity contribution in [1.82, 2.24) is 19.6 Å². The van der Waals surface area contributed by atoms with Crippen LogP contribution in [0.4, 0.5) is 19.0 Å². The van der Waals surface area contributed by atoms with Crippen LogP contribution in [0.1, 0.15) is 36.8 Å². The largest absolute Gasteiger partial charge is 0.494 e. The molecule has 1 fully saturated rings. The minimum absolute atomic E-state index is 0.0862. The molecule has 0 aliphatic carbocycles. The molecule has 0 saturated carbocycles. The van der Waals surface area contributed by atoms with Gasteiger partial charge < -0.3 is 14.8 Å². The molecule has 0 atom stereocenters. The van der Waals surface area contributed by atoms with Crippen LogP contribution in [0, 0.1) is 6.92 Å². The molecule has 1 aliphatic rings. The standard InChI is InChI=1S/C21H24F3N5O2/c1-3-31-16-6-4-15(5-7-16)20(8-10-30-11-9-20)13-25-17-12-14(2)26-19-27-18(21(22,23)24)28-29(17)19/h4-7,12,25H,3,8-11,13H2,1-2H3. The van der Waals surface area contributed by atoms with Crippen LogP contribution >= 0.6 is 0 Å². The van der Waals surface area contributed by atoms with Crippen molar-refractivity contribution in [3.63, 3.8) is 0 Å². The van der Waals surface area contributed by atoms with Crippen LogP contribution in [-0.4, -0.2) is 45.9 Å². The van der Waals surface area contributed by atoms with Gasteiger partial charge in [-0.2, -0.15) is 22.7 Å². The van der Waals surface area contributed by atoms with E-state index in [0.717, 1.165) is 28.7 Å². The molecule has 0 unspecified atom stereocenters. The van der Waals surface area contributed by atoms with Crippen molar-refractivity contribution in [2.24, 2.45) is 0 Å². The van der Waals surface area contributed by atoms with Crippen molar-refractivity contribution in [2.45, 2.75) is 38.3 Å².